The highest BCUT2D eigenvalue weighted by Gasteiger charge is 2.60. The molecule has 122 valence electrons. The summed E-state index contributed by atoms with van der Waals surface area (Å²) < 4.78 is 0. The molecule has 0 aromatic rings. The molecule has 0 unspecified atom stereocenters. The Kier molecular flexibility index (Phi) is 3.39. The lowest BCUT2D eigenvalue weighted by Gasteiger charge is -2.60. The van der Waals surface area contributed by atoms with Crippen molar-refractivity contribution in [1.29, 1.82) is 5.26 Å². The van der Waals surface area contributed by atoms with Gasteiger partial charge in [0.25, 0.3) is 0 Å². The van der Waals surface area contributed by atoms with Crippen LogP contribution in [0.3, 0.4) is 0 Å². The fourth-order valence-electron chi connectivity index (χ4n) is 7.45. The van der Waals surface area contributed by atoms with E-state index < -0.39 is 0 Å². The lowest BCUT2D eigenvalue weighted by atomic mass is 9.45. The Morgan fingerprint density at radius 1 is 0.909 bits per heavy atom. The summed E-state index contributed by atoms with van der Waals surface area (Å²) in [4.78, 5) is 0. The van der Waals surface area contributed by atoms with Gasteiger partial charge in [0.1, 0.15) is 0 Å². The zero-order valence-electron chi connectivity index (χ0n) is 14.2. The van der Waals surface area contributed by atoms with Crippen LogP contribution in [-0.2, 0) is 0 Å². The molecule has 0 spiro atoms. The van der Waals surface area contributed by atoms with E-state index in [2.05, 4.69) is 19.9 Å². The van der Waals surface area contributed by atoms with E-state index >= 15 is 0 Å². The van der Waals surface area contributed by atoms with Crippen molar-refractivity contribution in [3.8, 4) is 6.07 Å². The molecule has 0 bridgehead atoms. The molecule has 0 saturated heterocycles. The van der Waals surface area contributed by atoms with Crippen LogP contribution in [0.5, 0.6) is 0 Å². The van der Waals surface area contributed by atoms with Crippen LogP contribution in [-0.4, -0.2) is 11.2 Å². The normalized spacial score (nSPS) is 57.4. The van der Waals surface area contributed by atoms with E-state index in [1.54, 1.807) is 0 Å². The third-order valence-corrected chi connectivity index (χ3v) is 8.79. The summed E-state index contributed by atoms with van der Waals surface area (Å²) in [7, 11) is 0. The summed E-state index contributed by atoms with van der Waals surface area (Å²) >= 11 is 0. The van der Waals surface area contributed by atoms with Gasteiger partial charge < -0.3 is 5.11 Å². The van der Waals surface area contributed by atoms with E-state index in [0.717, 1.165) is 42.9 Å². The fourth-order valence-corrected chi connectivity index (χ4v) is 7.45. The van der Waals surface area contributed by atoms with Crippen molar-refractivity contribution in [1.82, 2.24) is 0 Å². The summed E-state index contributed by atoms with van der Waals surface area (Å²) in [5, 5.41) is 19.6. The number of hydrogen-bond acceptors (Lipinski definition) is 2. The predicted octanol–water partition coefficient (Wildman–Crippen LogP) is 4.53. The van der Waals surface area contributed by atoms with Gasteiger partial charge in [0.2, 0.25) is 0 Å². The minimum absolute atomic E-state index is 0.0436. The van der Waals surface area contributed by atoms with Crippen molar-refractivity contribution in [2.75, 3.05) is 0 Å². The molecule has 2 heteroatoms. The van der Waals surface area contributed by atoms with Crippen LogP contribution >= 0.6 is 0 Å². The monoisotopic (exact) mass is 301 g/mol. The highest BCUT2D eigenvalue weighted by atomic mass is 16.3. The number of nitriles is 1. The molecule has 8 atom stereocenters. The molecule has 0 aromatic carbocycles. The Morgan fingerprint density at radius 2 is 1.64 bits per heavy atom. The number of aliphatic hydroxyl groups excluding tert-OH is 1. The van der Waals surface area contributed by atoms with Crippen LogP contribution in [0, 0.1) is 51.8 Å². The molecule has 0 amide bonds. The minimum Gasteiger partial charge on any atom is -0.393 e. The molecule has 0 aliphatic heterocycles. The molecule has 4 saturated carbocycles. The second-order valence-electron chi connectivity index (χ2n) is 9.39. The van der Waals surface area contributed by atoms with Gasteiger partial charge in [0, 0.05) is 0 Å². The summed E-state index contributed by atoms with van der Waals surface area (Å²) in [5.74, 6) is 3.55. The molecule has 1 N–H and O–H groups in total. The Hall–Kier alpha value is -0.550. The van der Waals surface area contributed by atoms with E-state index in [-0.39, 0.29) is 6.10 Å². The van der Waals surface area contributed by atoms with E-state index in [1.807, 2.05) is 0 Å². The van der Waals surface area contributed by atoms with E-state index in [9.17, 15) is 10.4 Å². The third kappa shape index (κ3) is 1.87. The first-order valence-corrected chi connectivity index (χ1v) is 9.56. The predicted molar refractivity (Wildman–Crippen MR) is 86.8 cm³/mol. The topological polar surface area (TPSA) is 44.0 Å². The zero-order chi connectivity index (χ0) is 15.5. The molecular weight excluding hydrogens is 270 g/mol. The summed E-state index contributed by atoms with van der Waals surface area (Å²) in [6.07, 6.45) is 10.9. The van der Waals surface area contributed by atoms with Gasteiger partial charge in [-0.1, -0.05) is 13.8 Å². The van der Waals surface area contributed by atoms with Gasteiger partial charge in [0.15, 0.2) is 0 Å². The highest BCUT2D eigenvalue weighted by Crippen LogP contribution is 2.67. The number of aliphatic hydroxyl groups is 1. The quantitative estimate of drug-likeness (QED) is 0.714. The molecule has 2 nitrogen and oxygen atoms in total. The Balaban J connectivity index is 1.62. The zero-order valence-corrected chi connectivity index (χ0v) is 14.2. The van der Waals surface area contributed by atoms with E-state index in [1.165, 1.54) is 38.5 Å². The number of hydrogen-bond donors (Lipinski definition) is 1. The van der Waals surface area contributed by atoms with Crippen LogP contribution < -0.4 is 0 Å². The van der Waals surface area contributed by atoms with Gasteiger partial charge in [0.05, 0.1) is 18.1 Å². The standard InChI is InChI=1S/C20H31NO/c1-19-9-7-15(22)11-13(19)3-5-16-17-6-4-14(12-21)20(17,2)10-8-18(16)19/h13-18,22H,3-11H2,1-2H3/t13-,14-,15+,16-,17-,18-,19-,20+/m1/s1. The summed E-state index contributed by atoms with van der Waals surface area (Å²) in [6.45, 7) is 4.97. The van der Waals surface area contributed by atoms with E-state index in [0.29, 0.717) is 16.7 Å². The van der Waals surface area contributed by atoms with E-state index in [4.69, 9.17) is 0 Å². The van der Waals surface area contributed by atoms with Crippen LogP contribution in [0.2, 0.25) is 0 Å². The fraction of sp³-hybridized carbons (Fsp3) is 0.950. The molecule has 0 heterocycles. The van der Waals surface area contributed by atoms with Crippen LogP contribution in [0.4, 0.5) is 0 Å². The first-order chi connectivity index (χ1) is 10.5. The van der Waals surface area contributed by atoms with Gasteiger partial charge in [-0.25, -0.2) is 0 Å². The highest BCUT2D eigenvalue weighted by molar-refractivity contribution is 5.12. The van der Waals surface area contributed by atoms with Gasteiger partial charge in [-0.05, 0) is 92.3 Å². The van der Waals surface area contributed by atoms with Crippen molar-refractivity contribution in [3.05, 3.63) is 0 Å². The molecular formula is C20H31NO. The van der Waals surface area contributed by atoms with Gasteiger partial charge in [-0.2, -0.15) is 5.26 Å². The number of rotatable bonds is 0. The van der Waals surface area contributed by atoms with Gasteiger partial charge in [-0.3, -0.25) is 0 Å². The largest absolute Gasteiger partial charge is 0.393 e. The smallest absolute Gasteiger partial charge is 0.0661 e. The number of fused-ring (bicyclic) bond motifs is 5. The van der Waals surface area contributed by atoms with Crippen molar-refractivity contribution < 1.29 is 5.11 Å². The van der Waals surface area contributed by atoms with Crippen molar-refractivity contribution in [3.63, 3.8) is 0 Å². The van der Waals surface area contributed by atoms with Crippen molar-refractivity contribution in [2.24, 2.45) is 40.4 Å². The maximum atomic E-state index is 10.1. The number of nitrogens with zero attached hydrogens (tertiary/aromatic N) is 1. The lowest BCUT2D eigenvalue weighted by molar-refractivity contribution is -0.124. The molecule has 4 aliphatic rings. The third-order valence-electron chi connectivity index (χ3n) is 8.79. The van der Waals surface area contributed by atoms with Crippen LogP contribution in [0.15, 0.2) is 0 Å². The first-order valence-electron chi connectivity index (χ1n) is 9.56. The van der Waals surface area contributed by atoms with Crippen molar-refractivity contribution in [2.45, 2.75) is 77.7 Å². The summed E-state index contributed by atoms with van der Waals surface area (Å²) in [6, 6.07) is 2.64. The second-order valence-corrected chi connectivity index (χ2v) is 9.39. The molecule has 4 aliphatic carbocycles. The van der Waals surface area contributed by atoms with Gasteiger partial charge >= 0.3 is 0 Å². The molecule has 22 heavy (non-hydrogen) atoms. The van der Waals surface area contributed by atoms with Crippen LogP contribution in [0.1, 0.15) is 71.6 Å². The minimum atomic E-state index is -0.0436. The Bertz CT molecular complexity index is 496. The first kappa shape index (κ1) is 15.0. The average Bonchev–Trinajstić information content (AvgIpc) is 2.84. The lowest BCUT2D eigenvalue weighted by Crippen LogP contribution is -2.53. The Labute approximate surface area is 135 Å². The molecule has 4 fully saturated rings. The molecule has 0 radical (unpaired) electrons. The summed E-state index contributed by atoms with van der Waals surface area (Å²) in [5.41, 5.74) is 0.765. The van der Waals surface area contributed by atoms with Crippen LogP contribution in [0.25, 0.3) is 0 Å². The SMILES string of the molecule is C[C@@]12CC[C@H](O)C[C@H]1CC[C@H]1[C@H]2CC[C@]2(C)[C@@H]1CC[C@@H]2C#N. The molecule has 0 aromatic heterocycles. The maximum Gasteiger partial charge on any atom is 0.0661 e. The Morgan fingerprint density at radius 3 is 2.41 bits per heavy atom. The van der Waals surface area contributed by atoms with Crippen molar-refractivity contribution >= 4 is 0 Å². The molecule has 4 rings (SSSR count). The van der Waals surface area contributed by atoms with Gasteiger partial charge in [-0.15, -0.1) is 0 Å². The maximum absolute atomic E-state index is 10.1. The average molecular weight is 301 g/mol. The second kappa shape index (κ2) is 4.97.